The number of nitriles is 1. The highest BCUT2D eigenvalue weighted by Gasteiger charge is 1.76. The number of rotatable bonds is 1. The van der Waals surface area contributed by atoms with Gasteiger partial charge in [-0.15, -0.1) is 0 Å². The van der Waals surface area contributed by atoms with Gasteiger partial charge < -0.3 is 0 Å². The molecule has 0 aromatic rings. The van der Waals surface area contributed by atoms with Gasteiger partial charge in [-0.1, -0.05) is 13.7 Å². The molecular weight excluding hydrogens is 105 g/mol. The Morgan fingerprint density at radius 2 is 2.14 bits per heavy atom. The molecule has 0 spiro atoms. The van der Waals surface area contributed by atoms with Gasteiger partial charge in [0.1, 0.15) is 0 Å². The molecule has 1 nitrogen and oxygen atoms in total. The van der Waals surface area contributed by atoms with Crippen LogP contribution in [0, 0.1) is 11.3 Å². The van der Waals surface area contributed by atoms with E-state index in [2.05, 4.69) is 13.3 Å². The molecular formula is C5H8NP. The zero-order valence-electron chi connectivity index (χ0n) is 4.55. The van der Waals surface area contributed by atoms with Crippen LogP contribution in [0.15, 0.2) is 11.9 Å². The third-order valence-electron chi connectivity index (χ3n) is 0.447. The zero-order valence-corrected chi connectivity index (χ0v) is 5.44. The minimum Gasteiger partial charge on any atom is -0.193 e. The van der Waals surface area contributed by atoms with Gasteiger partial charge in [0.15, 0.2) is 0 Å². The molecule has 0 radical (unpaired) electrons. The second-order valence-electron chi connectivity index (χ2n) is 1.41. The molecule has 0 aromatic heterocycles. The Balaban J connectivity index is 3.31. The van der Waals surface area contributed by atoms with Crippen LogP contribution >= 0.6 is 7.92 Å². The van der Waals surface area contributed by atoms with Crippen molar-refractivity contribution in [2.75, 3.05) is 13.3 Å². The number of nitrogens with zero attached hydrogens (tertiary/aromatic N) is 1. The quantitative estimate of drug-likeness (QED) is 0.375. The molecule has 0 rings (SSSR count). The van der Waals surface area contributed by atoms with E-state index in [1.165, 1.54) is 6.08 Å². The Bertz CT molecular complexity index is 99.1. The molecule has 0 saturated heterocycles. The highest BCUT2D eigenvalue weighted by atomic mass is 31.1. The lowest BCUT2D eigenvalue weighted by Gasteiger charge is -1.87. The lowest BCUT2D eigenvalue weighted by atomic mass is 10.7. The minimum absolute atomic E-state index is 0.00941. The van der Waals surface area contributed by atoms with E-state index in [0.717, 1.165) is 0 Å². The summed E-state index contributed by atoms with van der Waals surface area (Å²) < 4.78 is 0. The molecule has 2 heteroatoms. The van der Waals surface area contributed by atoms with E-state index in [0.29, 0.717) is 0 Å². The van der Waals surface area contributed by atoms with E-state index < -0.39 is 0 Å². The van der Waals surface area contributed by atoms with Crippen LogP contribution in [0.1, 0.15) is 0 Å². The van der Waals surface area contributed by atoms with E-state index in [9.17, 15) is 0 Å². The van der Waals surface area contributed by atoms with Gasteiger partial charge in [0.05, 0.1) is 6.07 Å². The lowest BCUT2D eigenvalue weighted by molar-refractivity contribution is 1.54. The molecule has 0 unspecified atom stereocenters. The Kier molecular flexibility index (Phi) is 3.65. The molecule has 0 aliphatic carbocycles. The maximum atomic E-state index is 7.99. The van der Waals surface area contributed by atoms with Gasteiger partial charge in [0.2, 0.25) is 0 Å². The second kappa shape index (κ2) is 3.84. The molecule has 0 heterocycles. The average molecular weight is 113 g/mol. The standard InChI is InChI=1S/C5H8NP/c1-7(2)5-3-4-6/h3,5H,1-2H3/b5-3+. The van der Waals surface area contributed by atoms with E-state index in [1.54, 1.807) is 0 Å². The summed E-state index contributed by atoms with van der Waals surface area (Å²) in [6.45, 7) is 4.20. The first-order valence-corrected chi connectivity index (χ1v) is 4.30. The van der Waals surface area contributed by atoms with Gasteiger partial charge in [-0.2, -0.15) is 5.26 Å². The smallest absolute Gasteiger partial charge is 0.0912 e. The molecule has 0 aliphatic heterocycles. The fourth-order valence-corrected chi connectivity index (χ4v) is 0.547. The third kappa shape index (κ3) is 5.66. The van der Waals surface area contributed by atoms with Crippen LogP contribution in [0.4, 0.5) is 0 Å². The summed E-state index contributed by atoms with van der Waals surface area (Å²) in [6, 6.07) is 1.93. The summed E-state index contributed by atoms with van der Waals surface area (Å²) in [5, 5.41) is 7.99. The Hall–Kier alpha value is -0.340. The van der Waals surface area contributed by atoms with Crippen molar-refractivity contribution in [2.45, 2.75) is 0 Å². The SMILES string of the molecule is CP(C)/C=C/C#N. The van der Waals surface area contributed by atoms with Gasteiger partial charge in [-0.3, -0.25) is 0 Å². The molecule has 0 bridgehead atoms. The van der Waals surface area contributed by atoms with Crippen molar-refractivity contribution >= 4 is 7.92 Å². The predicted molar refractivity (Wildman–Crippen MR) is 33.5 cm³/mol. The van der Waals surface area contributed by atoms with Gasteiger partial charge in [-0.25, -0.2) is 0 Å². The third-order valence-corrected chi connectivity index (χ3v) is 1.19. The summed E-state index contributed by atoms with van der Waals surface area (Å²) in [5.74, 6) is 1.93. The van der Waals surface area contributed by atoms with Crippen molar-refractivity contribution in [3.8, 4) is 6.07 Å². The van der Waals surface area contributed by atoms with Crippen LogP contribution in [-0.2, 0) is 0 Å². The molecule has 38 valence electrons. The van der Waals surface area contributed by atoms with Crippen molar-refractivity contribution in [3.63, 3.8) is 0 Å². The van der Waals surface area contributed by atoms with Crippen LogP contribution in [0.3, 0.4) is 0 Å². The lowest BCUT2D eigenvalue weighted by Crippen LogP contribution is -1.53. The Morgan fingerprint density at radius 1 is 1.57 bits per heavy atom. The number of hydrogen-bond donors (Lipinski definition) is 0. The van der Waals surface area contributed by atoms with Crippen LogP contribution in [0.5, 0.6) is 0 Å². The topological polar surface area (TPSA) is 23.8 Å². The molecule has 7 heavy (non-hydrogen) atoms. The summed E-state index contributed by atoms with van der Waals surface area (Å²) in [5.41, 5.74) is 0. The van der Waals surface area contributed by atoms with Crippen molar-refractivity contribution in [3.05, 3.63) is 11.9 Å². The molecule has 0 fully saturated rings. The summed E-state index contributed by atoms with van der Waals surface area (Å²) >= 11 is 0. The molecule has 0 aromatic carbocycles. The highest BCUT2D eigenvalue weighted by Crippen LogP contribution is 2.24. The monoisotopic (exact) mass is 113 g/mol. The van der Waals surface area contributed by atoms with Crippen LogP contribution in [0.2, 0.25) is 0 Å². The van der Waals surface area contributed by atoms with Crippen molar-refractivity contribution in [2.24, 2.45) is 0 Å². The van der Waals surface area contributed by atoms with Gasteiger partial charge in [-0.05, 0) is 13.3 Å². The summed E-state index contributed by atoms with van der Waals surface area (Å²) in [4.78, 5) is 0. The van der Waals surface area contributed by atoms with Gasteiger partial charge in [0.25, 0.3) is 0 Å². The normalized spacial score (nSPS) is 10.0. The van der Waals surface area contributed by atoms with E-state index in [4.69, 9.17) is 5.26 Å². The first-order valence-electron chi connectivity index (χ1n) is 2.00. The van der Waals surface area contributed by atoms with Crippen LogP contribution in [0.25, 0.3) is 0 Å². The van der Waals surface area contributed by atoms with Crippen LogP contribution in [-0.4, -0.2) is 13.3 Å². The molecule has 0 amide bonds. The molecule has 0 atom stereocenters. The van der Waals surface area contributed by atoms with E-state index >= 15 is 0 Å². The first kappa shape index (κ1) is 6.66. The number of allylic oxidation sites excluding steroid dienone is 1. The molecule has 0 N–H and O–H groups in total. The maximum absolute atomic E-state index is 7.99. The van der Waals surface area contributed by atoms with Crippen LogP contribution < -0.4 is 0 Å². The zero-order chi connectivity index (χ0) is 5.70. The Labute approximate surface area is 45.4 Å². The van der Waals surface area contributed by atoms with E-state index in [-0.39, 0.29) is 7.92 Å². The first-order chi connectivity index (χ1) is 3.27. The number of hydrogen-bond acceptors (Lipinski definition) is 1. The van der Waals surface area contributed by atoms with Crippen molar-refractivity contribution in [1.29, 1.82) is 5.26 Å². The second-order valence-corrected chi connectivity index (χ2v) is 3.63. The van der Waals surface area contributed by atoms with E-state index in [1.807, 2.05) is 11.9 Å². The van der Waals surface area contributed by atoms with Crippen molar-refractivity contribution in [1.82, 2.24) is 0 Å². The highest BCUT2D eigenvalue weighted by molar-refractivity contribution is 7.59. The van der Waals surface area contributed by atoms with Gasteiger partial charge in [0, 0.05) is 6.08 Å². The fraction of sp³-hybridized carbons (Fsp3) is 0.400. The summed E-state index contributed by atoms with van der Waals surface area (Å²) in [7, 11) is -0.00941. The Morgan fingerprint density at radius 3 is 2.29 bits per heavy atom. The fourth-order valence-electron chi connectivity index (χ4n) is 0.182. The van der Waals surface area contributed by atoms with Crippen molar-refractivity contribution < 1.29 is 0 Å². The predicted octanol–water partition coefficient (Wildman–Crippen LogP) is 1.77. The average Bonchev–Trinajstić information content (AvgIpc) is 1.61. The molecule has 0 saturated carbocycles. The molecule has 0 aliphatic rings. The maximum Gasteiger partial charge on any atom is 0.0912 e. The minimum atomic E-state index is -0.00941. The summed E-state index contributed by atoms with van der Waals surface area (Å²) in [6.07, 6.45) is 1.53. The van der Waals surface area contributed by atoms with Gasteiger partial charge >= 0.3 is 0 Å². The largest absolute Gasteiger partial charge is 0.193 e.